The molecule has 0 aromatic heterocycles. The van der Waals surface area contributed by atoms with Crippen LogP contribution in [0.15, 0.2) is 22.7 Å². The molecule has 8 heteroatoms. The predicted molar refractivity (Wildman–Crippen MR) is 73.3 cm³/mol. The first-order valence-electron chi connectivity index (χ1n) is 6.12. The smallest absolute Gasteiger partial charge is 0.418 e. The molecule has 1 aliphatic rings. The van der Waals surface area contributed by atoms with Gasteiger partial charge in [-0.05, 0) is 18.2 Å². The number of benzene rings is 1. The number of alkyl halides is 3. The average molecular weight is 368 g/mol. The number of carbonyl (C=O) groups is 1. The lowest BCUT2D eigenvalue weighted by Gasteiger charge is -2.30. The summed E-state index contributed by atoms with van der Waals surface area (Å²) in [7, 11) is 1.45. The second-order valence-electron chi connectivity index (χ2n) is 4.82. The Balaban J connectivity index is 2.41. The highest BCUT2D eigenvalue weighted by atomic mass is 79.9. The van der Waals surface area contributed by atoms with E-state index in [1.807, 2.05) is 0 Å². The van der Waals surface area contributed by atoms with E-state index in [0.29, 0.717) is 4.47 Å². The Bertz CT molecular complexity index is 550. The summed E-state index contributed by atoms with van der Waals surface area (Å²) in [6, 6.07) is 2.97. The molecule has 1 saturated heterocycles. The Morgan fingerprint density at radius 1 is 1.43 bits per heavy atom. The number of hydrogen-bond donors (Lipinski definition) is 1. The maximum atomic E-state index is 13.1. The van der Waals surface area contributed by atoms with E-state index in [-0.39, 0.29) is 18.9 Å². The molecule has 0 saturated carbocycles. The standard InChI is InChI=1S/C13H13BrF3NO3/c1-18(11-6-21-5-8(11)12(19)20)10-4-7(14)2-3-9(10)13(15,16)17/h2-4,8,11H,5-6H2,1H3,(H,19,20). The number of nitrogens with zero attached hydrogens (tertiary/aromatic N) is 1. The third-order valence-corrected chi connectivity index (χ3v) is 4.00. The zero-order chi connectivity index (χ0) is 15.8. The minimum atomic E-state index is -4.51. The quantitative estimate of drug-likeness (QED) is 0.891. The molecular weight excluding hydrogens is 355 g/mol. The number of anilines is 1. The van der Waals surface area contributed by atoms with Crippen molar-refractivity contribution in [3.63, 3.8) is 0 Å². The summed E-state index contributed by atoms with van der Waals surface area (Å²) >= 11 is 3.14. The highest BCUT2D eigenvalue weighted by molar-refractivity contribution is 9.10. The third kappa shape index (κ3) is 3.32. The van der Waals surface area contributed by atoms with Crippen molar-refractivity contribution in [3.05, 3.63) is 28.2 Å². The van der Waals surface area contributed by atoms with Crippen molar-refractivity contribution in [1.82, 2.24) is 0 Å². The topological polar surface area (TPSA) is 49.8 Å². The summed E-state index contributed by atoms with van der Waals surface area (Å²) in [4.78, 5) is 12.5. The first-order chi connectivity index (χ1) is 9.71. The fraction of sp³-hybridized carbons (Fsp3) is 0.462. The van der Waals surface area contributed by atoms with Crippen molar-refractivity contribution in [2.24, 2.45) is 5.92 Å². The lowest BCUT2D eigenvalue weighted by atomic mass is 10.0. The Morgan fingerprint density at radius 2 is 2.10 bits per heavy atom. The van der Waals surface area contributed by atoms with E-state index in [4.69, 9.17) is 9.84 Å². The van der Waals surface area contributed by atoms with E-state index in [1.165, 1.54) is 24.1 Å². The van der Waals surface area contributed by atoms with Gasteiger partial charge < -0.3 is 14.7 Å². The van der Waals surface area contributed by atoms with Crippen LogP contribution >= 0.6 is 15.9 Å². The fourth-order valence-corrected chi connectivity index (χ4v) is 2.72. The zero-order valence-electron chi connectivity index (χ0n) is 11.0. The van der Waals surface area contributed by atoms with Crippen LogP contribution in [0.5, 0.6) is 0 Å². The van der Waals surface area contributed by atoms with Crippen LogP contribution in [-0.2, 0) is 15.7 Å². The Hall–Kier alpha value is -1.28. The van der Waals surface area contributed by atoms with Crippen molar-refractivity contribution in [2.45, 2.75) is 12.2 Å². The van der Waals surface area contributed by atoms with E-state index < -0.39 is 29.7 Å². The van der Waals surface area contributed by atoms with Crippen LogP contribution in [0.4, 0.5) is 18.9 Å². The summed E-state index contributed by atoms with van der Waals surface area (Å²) < 4.78 is 44.9. The molecule has 2 unspecified atom stereocenters. The van der Waals surface area contributed by atoms with Gasteiger partial charge >= 0.3 is 12.1 Å². The van der Waals surface area contributed by atoms with Crippen LogP contribution in [0.2, 0.25) is 0 Å². The second kappa shape index (κ2) is 5.84. The van der Waals surface area contributed by atoms with Crippen LogP contribution in [-0.4, -0.2) is 37.4 Å². The predicted octanol–water partition coefficient (Wildman–Crippen LogP) is 3.00. The molecule has 0 bridgehead atoms. The van der Waals surface area contributed by atoms with Crippen molar-refractivity contribution < 1.29 is 27.8 Å². The average Bonchev–Trinajstić information content (AvgIpc) is 2.85. The van der Waals surface area contributed by atoms with Crippen LogP contribution in [0, 0.1) is 5.92 Å². The van der Waals surface area contributed by atoms with Gasteiger partial charge in [0.1, 0.15) is 5.92 Å². The van der Waals surface area contributed by atoms with Crippen LogP contribution in [0.3, 0.4) is 0 Å². The van der Waals surface area contributed by atoms with Gasteiger partial charge in [0, 0.05) is 11.5 Å². The van der Waals surface area contributed by atoms with Gasteiger partial charge in [-0.25, -0.2) is 0 Å². The second-order valence-corrected chi connectivity index (χ2v) is 5.74. The molecule has 21 heavy (non-hydrogen) atoms. The number of likely N-dealkylation sites (N-methyl/N-ethyl adjacent to an activating group) is 1. The van der Waals surface area contributed by atoms with Gasteiger partial charge in [0.15, 0.2) is 0 Å². The number of carboxylic acids is 1. The van der Waals surface area contributed by atoms with E-state index in [9.17, 15) is 18.0 Å². The van der Waals surface area contributed by atoms with Crippen molar-refractivity contribution >= 4 is 27.6 Å². The summed E-state index contributed by atoms with van der Waals surface area (Å²) in [6.45, 7) is 0.0803. The van der Waals surface area contributed by atoms with Crippen LogP contribution < -0.4 is 4.90 Å². The lowest BCUT2D eigenvalue weighted by Crippen LogP contribution is -2.41. The summed E-state index contributed by atoms with van der Waals surface area (Å²) in [5, 5.41) is 9.13. The minimum absolute atomic E-state index is 0.000303. The Kier molecular flexibility index (Phi) is 4.48. The molecule has 1 aromatic rings. The molecule has 0 spiro atoms. The van der Waals surface area contributed by atoms with Gasteiger partial charge in [0.25, 0.3) is 0 Å². The van der Waals surface area contributed by atoms with Gasteiger partial charge in [-0.1, -0.05) is 15.9 Å². The number of aliphatic carboxylic acids is 1. The molecule has 1 aliphatic heterocycles. The van der Waals surface area contributed by atoms with E-state index in [2.05, 4.69) is 15.9 Å². The molecule has 1 fully saturated rings. The largest absolute Gasteiger partial charge is 0.481 e. The molecular formula is C13H13BrF3NO3. The maximum Gasteiger partial charge on any atom is 0.418 e. The molecule has 0 radical (unpaired) electrons. The SMILES string of the molecule is CN(c1cc(Br)ccc1C(F)(F)F)C1COCC1C(=O)O. The summed E-state index contributed by atoms with van der Waals surface area (Å²) in [6.07, 6.45) is -4.51. The number of carboxylic acid groups (broad SMARTS) is 1. The number of rotatable bonds is 3. The number of ether oxygens (including phenoxy) is 1. The molecule has 116 valence electrons. The molecule has 4 nitrogen and oxygen atoms in total. The minimum Gasteiger partial charge on any atom is -0.481 e. The highest BCUT2D eigenvalue weighted by Crippen LogP contribution is 2.39. The Morgan fingerprint density at radius 3 is 2.67 bits per heavy atom. The van der Waals surface area contributed by atoms with Crippen LogP contribution in [0.1, 0.15) is 5.56 Å². The monoisotopic (exact) mass is 367 g/mol. The van der Waals surface area contributed by atoms with Gasteiger partial charge in [0.05, 0.1) is 30.5 Å². The zero-order valence-corrected chi connectivity index (χ0v) is 12.6. The third-order valence-electron chi connectivity index (χ3n) is 3.51. The molecule has 1 aromatic carbocycles. The first kappa shape index (κ1) is 16.1. The number of hydrogen-bond acceptors (Lipinski definition) is 3. The highest BCUT2D eigenvalue weighted by Gasteiger charge is 2.40. The van der Waals surface area contributed by atoms with E-state index in [0.717, 1.165) is 6.07 Å². The van der Waals surface area contributed by atoms with E-state index >= 15 is 0 Å². The van der Waals surface area contributed by atoms with Crippen molar-refractivity contribution in [3.8, 4) is 0 Å². The van der Waals surface area contributed by atoms with Crippen LogP contribution in [0.25, 0.3) is 0 Å². The maximum absolute atomic E-state index is 13.1. The fourth-order valence-electron chi connectivity index (χ4n) is 2.38. The van der Waals surface area contributed by atoms with Gasteiger partial charge in [-0.15, -0.1) is 0 Å². The Labute approximate surface area is 127 Å². The first-order valence-corrected chi connectivity index (χ1v) is 6.91. The van der Waals surface area contributed by atoms with Crippen molar-refractivity contribution in [2.75, 3.05) is 25.2 Å². The van der Waals surface area contributed by atoms with E-state index in [1.54, 1.807) is 0 Å². The summed E-state index contributed by atoms with van der Waals surface area (Å²) in [5.41, 5.74) is -0.872. The molecule has 0 aliphatic carbocycles. The summed E-state index contributed by atoms with van der Waals surface area (Å²) in [5.74, 6) is -1.93. The van der Waals surface area contributed by atoms with Gasteiger partial charge in [-0.2, -0.15) is 13.2 Å². The van der Waals surface area contributed by atoms with Gasteiger partial charge in [-0.3, -0.25) is 4.79 Å². The molecule has 1 N–H and O–H groups in total. The number of halogens is 4. The molecule has 2 rings (SSSR count). The molecule has 0 amide bonds. The van der Waals surface area contributed by atoms with Crippen molar-refractivity contribution in [1.29, 1.82) is 0 Å². The normalized spacial score (nSPS) is 22.3. The molecule has 2 atom stereocenters. The molecule has 1 heterocycles. The lowest BCUT2D eigenvalue weighted by molar-refractivity contribution is -0.141. The van der Waals surface area contributed by atoms with Gasteiger partial charge in [0.2, 0.25) is 0 Å².